The minimum atomic E-state index is -0.271. The molecule has 1 amide bonds. The van der Waals surface area contributed by atoms with Gasteiger partial charge in [0.25, 0.3) is 5.91 Å². The van der Waals surface area contributed by atoms with Crippen LogP contribution in [0.4, 0.5) is 0 Å². The summed E-state index contributed by atoms with van der Waals surface area (Å²) in [5, 5.41) is 4.73. The highest BCUT2D eigenvalue weighted by Crippen LogP contribution is 2.27. The van der Waals surface area contributed by atoms with E-state index in [4.69, 9.17) is 9.84 Å². The molecule has 2 heterocycles. The molecular formula is C24H25N3O3. The predicted octanol–water partition coefficient (Wildman–Crippen LogP) is 3.95. The lowest BCUT2D eigenvalue weighted by molar-refractivity contribution is -0.149. The quantitative estimate of drug-likeness (QED) is 0.605. The van der Waals surface area contributed by atoms with Crippen molar-refractivity contribution in [1.82, 2.24) is 14.7 Å². The summed E-state index contributed by atoms with van der Waals surface area (Å²) in [5.41, 5.74) is 2.95. The molecule has 154 valence electrons. The zero-order chi connectivity index (χ0) is 20.9. The van der Waals surface area contributed by atoms with Gasteiger partial charge in [0.05, 0.1) is 23.8 Å². The molecule has 2 aromatic carbocycles. The van der Waals surface area contributed by atoms with E-state index in [1.54, 1.807) is 22.7 Å². The van der Waals surface area contributed by atoms with Gasteiger partial charge >= 0.3 is 5.97 Å². The molecule has 0 spiro atoms. The van der Waals surface area contributed by atoms with Crippen molar-refractivity contribution in [2.75, 3.05) is 19.7 Å². The molecule has 1 aromatic heterocycles. The number of benzene rings is 2. The van der Waals surface area contributed by atoms with Crippen molar-refractivity contribution < 1.29 is 14.3 Å². The first-order valence-electron chi connectivity index (χ1n) is 10.3. The summed E-state index contributed by atoms with van der Waals surface area (Å²) in [5.74, 6) is -0.602. The number of hydrogen-bond donors (Lipinski definition) is 0. The van der Waals surface area contributed by atoms with Gasteiger partial charge in [-0.05, 0) is 31.9 Å². The average Bonchev–Trinajstić information content (AvgIpc) is 3.25. The van der Waals surface area contributed by atoms with Crippen LogP contribution in [0.5, 0.6) is 0 Å². The number of piperidine rings is 1. The van der Waals surface area contributed by atoms with Gasteiger partial charge < -0.3 is 9.64 Å². The third-order valence-electron chi connectivity index (χ3n) is 5.34. The van der Waals surface area contributed by atoms with E-state index in [-0.39, 0.29) is 17.8 Å². The second kappa shape index (κ2) is 8.95. The molecule has 0 N–H and O–H groups in total. The maximum atomic E-state index is 13.5. The lowest BCUT2D eigenvalue weighted by Gasteiger charge is -2.31. The van der Waals surface area contributed by atoms with E-state index in [1.807, 2.05) is 60.7 Å². The van der Waals surface area contributed by atoms with E-state index < -0.39 is 0 Å². The molecule has 1 aliphatic rings. The fraction of sp³-hybridized carbons (Fsp3) is 0.292. The first-order valence-corrected chi connectivity index (χ1v) is 10.3. The van der Waals surface area contributed by atoms with Crippen LogP contribution >= 0.6 is 0 Å². The van der Waals surface area contributed by atoms with Gasteiger partial charge in [-0.15, -0.1) is 0 Å². The van der Waals surface area contributed by atoms with Crippen LogP contribution in [0.1, 0.15) is 30.1 Å². The Morgan fingerprint density at radius 2 is 1.77 bits per heavy atom. The van der Waals surface area contributed by atoms with Gasteiger partial charge in [-0.3, -0.25) is 9.59 Å². The van der Waals surface area contributed by atoms with Crippen molar-refractivity contribution in [3.8, 4) is 16.9 Å². The zero-order valence-corrected chi connectivity index (χ0v) is 17.0. The topological polar surface area (TPSA) is 64.4 Å². The summed E-state index contributed by atoms with van der Waals surface area (Å²) in [6.07, 6.45) is 3.31. The lowest BCUT2D eigenvalue weighted by atomic mass is 9.97. The predicted molar refractivity (Wildman–Crippen MR) is 114 cm³/mol. The third-order valence-corrected chi connectivity index (χ3v) is 5.34. The van der Waals surface area contributed by atoms with Gasteiger partial charge in [-0.25, -0.2) is 4.68 Å². The second-order valence-corrected chi connectivity index (χ2v) is 7.38. The summed E-state index contributed by atoms with van der Waals surface area (Å²) < 4.78 is 6.92. The largest absolute Gasteiger partial charge is 0.466 e. The molecule has 3 aromatic rings. The van der Waals surface area contributed by atoms with E-state index >= 15 is 0 Å². The van der Waals surface area contributed by atoms with Crippen LogP contribution in [0.25, 0.3) is 16.9 Å². The number of rotatable bonds is 5. The molecule has 6 nitrogen and oxygen atoms in total. The maximum Gasteiger partial charge on any atom is 0.310 e. The Labute approximate surface area is 176 Å². The first kappa shape index (κ1) is 19.9. The summed E-state index contributed by atoms with van der Waals surface area (Å²) >= 11 is 0. The molecule has 0 radical (unpaired) electrons. The Kier molecular flexibility index (Phi) is 5.93. The third kappa shape index (κ3) is 4.13. The van der Waals surface area contributed by atoms with Gasteiger partial charge in [0, 0.05) is 24.8 Å². The van der Waals surface area contributed by atoms with Crippen molar-refractivity contribution in [3.63, 3.8) is 0 Å². The van der Waals surface area contributed by atoms with Crippen LogP contribution in [-0.4, -0.2) is 46.3 Å². The van der Waals surface area contributed by atoms with E-state index in [9.17, 15) is 9.59 Å². The molecule has 4 rings (SSSR count). The van der Waals surface area contributed by atoms with Crippen molar-refractivity contribution in [1.29, 1.82) is 0 Å². The lowest BCUT2D eigenvalue weighted by Crippen LogP contribution is -2.42. The molecule has 1 fully saturated rings. The second-order valence-electron chi connectivity index (χ2n) is 7.38. The number of carbonyl (C=O) groups excluding carboxylic acids is 2. The van der Waals surface area contributed by atoms with Gasteiger partial charge in [0.1, 0.15) is 5.69 Å². The van der Waals surface area contributed by atoms with E-state index in [2.05, 4.69) is 0 Å². The van der Waals surface area contributed by atoms with Crippen LogP contribution in [0, 0.1) is 5.92 Å². The molecule has 0 unspecified atom stereocenters. The Morgan fingerprint density at radius 3 is 2.47 bits per heavy atom. The van der Waals surface area contributed by atoms with E-state index in [0.29, 0.717) is 31.0 Å². The molecule has 1 atom stereocenters. The van der Waals surface area contributed by atoms with Gasteiger partial charge in [-0.2, -0.15) is 5.10 Å². The molecule has 1 aliphatic heterocycles. The number of hydrogen-bond acceptors (Lipinski definition) is 4. The number of amides is 1. The van der Waals surface area contributed by atoms with Gasteiger partial charge in [-0.1, -0.05) is 48.5 Å². The molecule has 30 heavy (non-hydrogen) atoms. The smallest absolute Gasteiger partial charge is 0.310 e. The highest BCUT2D eigenvalue weighted by atomic mass is 16.5. The molecule has 1 saturated heterocycles. The number of aromatic nitrogens is 2. The molecule has 0 bridgehead atoms. The van der Waals surface area contributed by atoms with Crippen LogP contribution < -0.4 is 0 Å². The Hall–Kier alpha value is -3.41. The first-order chi connectivity index (χ1) is 14.7. The number of ether oxygens (including phenoxy) is 1. The number of para-hydroxylation sites is 1. The van der Waals surface area contributed by atoms with E-state index in [0.717, 1.165) is 24.1 Å². The monoisotopic (exact) mass is 403 g/mol. The molecule has 0 aliphatic carbocycles. The van der Waals surface area contributed by atoms with Crippen LogP contribution in [0.3, 0.4) is 0 Å². The Balaban J connectivity index is 1.67. The summed E-state index contributed by atoms with van der Waals surface area (Å²) in [6, 6.07) is 19.4. The van der Waals surface area contributed by atoms with Gasteiger partial charge in [0.2, 0.25) is 0 Å². The molecule has 0 saturated carbocycles. The van der Waals surface area contributed by atoms with Crippen LogP contribution in [0.2, 0.25) is 0 Å². The average molecular weight is 403 g/mol. The van der Waals surface area contributed by atoms with Gasteiger partial charge in [0.15, 0.2) is 0 Å². The SMILES string of the molecule is CCOC(=O)[C@H]1CCCN(C(=O)c2cn(-c3ccccc3)nc2-c2ccccc2)C1. The summed E-state index contributed by atoms with van der Waals surface area (Å²) in [7, 11) is 0. The Bertz CT molecular complexity index is 1010. The Morgan fingerprint density at radius 1 is 1.07 bits per heavy atom. The number of nitrogens with zero attached hydrogens (tertiary/aromatic N) is 3. The standard InChI is InChI=1S/C24H25N3O3/c1-2-30-24(29)19-12-9-15-26(16-19)23(28)21-17-27(20-13-7-4-8-14-20)25-22(21)18-10-5-3-6-11-18/h3-8,10-11,13-14,17,19H,2,9,12,15-16H2,1H3/t19-/m0/s1. The van der Waals surface area contributed by atoms with Crippen molar-refractivity contribution >= 4 is 11.9 Å². The minimum absolute atomic E-state index is 0.106. The van der Waals surface area contributed by atoms with E-state index in [1.165, 1.54) is 0 Å². The molecular weight excluding hydrogens is 378 g/mol. The minimum Gasteiger partial charge on any atom is -0.466 e. The van der Waals surface area contributed by atoms with Crippen LogP contribution in [0.15, 0.2) is 66.9 Å². The maximum absolute atomic E-state index is 13.5. The van der Waals surface area contributed by atoms with Crippen molar-refractivity contribution in [3.05, 3.63) is 72.4 Å². The number of carbonyl (C=O) groups is 2. The highest BCUT2D eigenvalue weighted by molar-refractivity contribution is 6.00. The molecule has 6 heteroatoms. The van der Waals surface area contributed by atoms with Crippen molar-refractivity contribution in [2.24, 2.45) is 5.92 Å². The zero-order valence-electron chi connectivity index (χ0n) is 17.0. The highest BCUT2D eigenvalue weighted by Gasteiger charge is 2.31. The fourth-order valence-electron chi connectivity index (χ4n) is 3.84. The summed E-state index contributed by atoms with van der Waals surface area (Å²) in [4.78, 5) is 27.4. The number of esters is 1. The van der Waals surface area contributed by atoms with Crippen molar-refractivity contribution in [2.45, 2.75) is 19.8 Å². The van der Waals surface area contributed by atoms with Crippen LogP contribution in [-0.2, 0) is 9.53 Å². The summed E-state index contributed by atoms with van der Waals surface area (Å²) in [6.45, 7) is 3.15. The normalized spacial score (nSPS) is 16.3. The number of likely N-dealkylation sites (tertiary alicyclic amines) is 1. The fourth-order valence-corrected chi connectivity index (χ4v) is 3.84.